The van der Waals surface area contributed by atoms with E-state index >= 15 is 0 Å². The summed E-state index contributed by atoms with van der Waals surface area (Å²) in [4.78, 5) is 0. The Morgan fingerprint density at radius 2 is 2.00 bits per heavy atom. The molecule has 46 valence electrons. The van der Waals surface area contributed by atoms with Crippen molar-refractivity contribution >= 4 is 32.7 Å². The second-order valence-corrected chi connectivity index (χ2v) is 3.63. The molecule has 1 N–H and O–H groups in total. The Kier molecular flexibility index (Phi) is 8.36. The van der Waals surface area contributed by atoms with Crippen LogP contribution < -0.4 is 29.6 Å². The van der Waals surface area contributed by atoms with Gasteiger partial charge in [-0.1, -0.05) is 22.6 Å². The maximum Gasteiger partial charge on any atom is 1.00 e. The molecular formula is C2H6INaO3S. The molecule has 0 atom stereocenters. The van der Waals surface area contributed by atoms with E-state index in [0.717, 1.165) is 0 Å². The number of rotatable bonds is 2. The van der Waals surface area contributed by atoms with Crippen LogP contribution in [0.4, 0.5) is 0 Å². The molecule has 0 saturated carbocycles. The summed E-state index contributed by atoms with van der Waals surface area (Å²) in [7, 11) is -3.68. The van der Waals surface area contributed by atoms with E-state index in [9.17, 15) is 8.42 Å². The first-order valence-electron chi connectivity index (χ1n) is 1.57. The molecule has 0 aromatic heterocycles. The van der Waals surface area contributed by atoms with Crippen LogP contribution in [0.1, 0.15) is 1.43 Å². The second-order valence-electron chi connectivity index (χ2n) is 0.975. The standard InChI is InChI=1S/C2H5IO3S.Na.H/c3-1-2-7(4,5)6;;/h1-2H2,(H,4,5,6);;/q;+1;-1. The van der Waals surface area contributed by atoms with E-state index in [1.807, 2.05) is 22.6 Å². The van der Waals surface area contributed by atoms with Gasteiger partial charge in [0.15, 0.2) is 0 Å². The molecule has 0 rings (SSSR count). The molecule has 0 aromatic carbocycles. The van der Waals surface area contributed by atoms with E-state index in [0.29, 0.717) is 4.43 Å². The van der Waals surface area contributed by atoms with Crippen molar-refractivity contribution in [2.24, 2.45) is 0 Å². The second kappa shape index (κ2) is 5.43. The van der Waals surface area contributed by atoms with Crippen molar-refractivity contribution < 1.29 is 44.0 Å². The first-order valence-corrected chi connectivity index (χ1v) is 4.71. The van der Waals surface area contributed by atoms with Crippen molar-refractivity contribution in [3.63, 3.8) is 0 Å². The first-order chi connectivity index (χ1) is 3.06. The van der Waals surface area contributed by atoms with Gasteiger partial charge in [0, 0.05) is 4.43 Å². The summed E-state index contributed by atoms with van der Waals surface area (Å²) in [5, 5.41) is 0. The minimum absolute atomic E-state index is 0. The summed E-state index contributed by atoms with van der Waals surface area (Å²) >= 11 is 1.87. The Hall–Kier alpha value is 1.64. The van der Waals surface area contributed by atoms with Crippen LogP contribution in [0.5, 0.6) is 0 Å². The predicted molar refractivity (Wildman–Crippen MR) is 36.4 cm³/mol. The Morgan fingerprint density at radius 1 is 1.62 bits per heavy atom. The maximum atomic E-state index is 9.78. The number of hydrogen-bond donors (Lipinski definition) is 1. The van der Waals surface area contributed by atoms with E-state index < -0.39 is 10.1 Å². The topological polar surface area (TPSA) is 54.4 Å². The van der Waals surface area contributed by atoms with Gasteiger partial charge >= 0.3 is 29.6 Å². The molecule has 0 bridgehead atoms. The van der Waals surface area contributed by atoms with Crippen molar-refractivity contribution in [3.05, 3.63) is 0 Å². The number of alkyl halides is 1. The molecule has 0 heterocycles. The molecule has 0 unspecified atom stereocenters. The molecule has 0 aromatic rings. The molecule has 0 aliphatic rings. The Balaban J connectivity index is -0.000000180. The fourth-order valence-corrected chi connectivity index (χ4v) is 1.96. The first kappa shape index (κ1) is 12.3. The van der Waals surface area contributed by atoms with Crippen LogP contribution in [0, 0.1) is 0 Å². The third-order valence-electron chi connectivity index (χ3n) is 0.335. The summed E-state index contributed by atoms with van der Waals surface area (Å²) < 4.78 is 28.0. The quantitative estimate of drug-likeness (QED) is 0.257. The molecule has 6 heteroatoms. The van der Waals surface area contributed by atoms with Gasteiger partial charge in [-0.05, 0) is 0 Å². The van der Waals surface area contributed by atoms with Gasteiger partial charge in [0.25, 0.3) is 10.1 Å². The van der Waals surface area contributed by atoms with Crippen LogP contribution in [-0.4, -0.2) is 23.2 Å². The van der Waals surface area contributed by atoms with Crippen LogP contribution in [0.3, 0.4) is 0 Å². The molecule has 0 aliphatic carbocycles. The largest absolute Gasteiger partial charge is 1.00 e. The molecule has 0 aliphatic heterocycles. The van der Waals surface area contributed by atoms with Crippen LogP contribution >= 0.6 is 22.6 Å². The maximum absolute atomic E-state index is 9.78. The van der Waals surface area contributed by atoms with Gasteiger partial charge in [0.1, 0.15) is 0 Å². The zero-order valence-electron chi connectivity index (χ0n) is 5.46. The van der Waals surface area contributed by atoms with Gasteiger partial charge in [0.2, 0.25) is 0 Å². The average molecular weight is 260 g/mol. The molecule has 3 nitrogen and oxygen atoms in total. The number of hydrogen-bond acceptors (Lipinski definition) is 2. The van der Waals surface area contributed by atoms with Crippen LogP contribution in [0.15, 0.2) is 0 Å². The molecule has 0 amide bonds. The van der Waals surface area contributed by atoms with Crippen molar-refractivity contribution in [2.75, 3.05) is 10.2 Å². The van der Waals surface area contributed by atoms with Gasteiger partial charge in [-0.2, -0.15) is 8.42 Å². The molecule has 0 fully saturated rings. The minimum Gasteiger partial charge on any atom is -1.00 e. The zero-order valence-corrected chi connectivity index (χ0v) is 9.44. The van der Waals surface area contributed by atoms with Crippen LogP contribution in [0.2, 0.25) is 0 Å². The molecule has 0 spiro atoms. The van der Waals surface area contributed by atoms with E-state index in [1.54, 1.807) is 0 Å². The molecule has 0 radical (unpaired) electrons. The molecule has 8 heavy (non-hydrogen) atoms. The summed E-state index contributed by atoms with van der Waals surface area (Å²) in [5.74, 6) is -0.145. The smallest absolute Gasteiger partial charge is 1.00 e. The van der Waals surface area contributed by atoms with E-state index in [4.69, 9.17) is 4.55 Å². The summed E-state index contributed by atoms with van der Waals surface area (Å²) in [5.41, 5.74) is 0. The zero-order chi connectivity index (χ0) is 5.91. The predicted octanol–water partition coefficient (Wildman–Crippen LogP) is -2.57. The van der Waals surface area contributed by atoms with Crippen molar-refractivity contribution in [1.82, 2.24) is 0 Å². The van der Waals surface area contributed by atoms with Crippen molar-refractivity contribution in [2.45, 2.75) is 0 Å². The van der Waals surface area contributed by atoms with Crippen molar-refractivity contribution in [3.8, 4) is 0 Å². The van der Waals surface area contributed by atoms with Crippen LogP contribution in [-0.2, 0) is 10.1 Å². The van der Waals surface area contributed by atoms with Gasteiger partial charge in [-0.3, -0.25) is 4.55 Å². The molecule has 0 saturated heterocycles. The Morgan fingerprint density at radius 3 is 2.00 bits per heavy atom. The summed E-state index contributed by atoms with van der Waals surface area (Å²) in [6, 6.07) is 0. The van der Waals surface area contributed by atoms with Gasteiger partial charge in [-0.25, -0.2) is 0 Å². The van der Waals surface area contributed by atoms with Crippen molar-refractivity contribution in [1.29, 1.82) is 0 Å². The fourth-order valence-electron chi connectivity index (χ4n) is 0.0975. The third-order valence-corrected chi connectivity index (χ3v) is 2.33. The minimum atomic E-state index is -3.68. The van der Waals surface area contributed by atoms with E-state index in [-0.39, 0.29) is 36.7 Å². The fraction of sp³-hybridized carbons (Fsp3) is 1.00. The Bertz CT molecular complexity index is 135. The Labute approximate surface area is 85.9 Å². The van der Waals surface area contributed by atoms with Crippen LogP contribution in [0.25, 0.3) is 0 Å². The van der Waals surface area contributed by atoms with E-state index in [2.05, 4.69) is 0 Å². The number of halogens is 1. The van der Waals surface area contributed by atoms with Gasteiger partial charge in [0.05, 0.1) is 5.75 Å². The van der Waals surface area contributed by atoms with E-state index in [1.165, 1.54) is 0 Å². The normalized spacial score (nSPS) is 10.2. The molecular weight excluding hydrogens is 254 g/mol. The summed E-state index contributed by atoms with van der Waals surface area (Å²) in [6.07, 6.45) is 0. The monoisotopic (exact) mass is 260 g/mol. The average Bonchev–Trinajstić information content (AvgIpc) is 1.30. The third kappa shape index (κ3) is 10.6. The summed E-state index contributed by atoms with van der Waals surface area (Å²) in [6.45, 7) is 0. The SMILES string of the molecule is O=S(=O)(O)CCI.[H-].[Na+]. The van der Waals surface area contributed by atoms with Gasteiger partial charge in [-0.15, -0.1) is 0 Å². The van der Waals surface area contributed by atoms with Gasteiger partial charge < -0.3 is 1.43 Å².